The van der Waals surface area contributed by atoms with Crippen LogP contribution in [0.3, 0.4) is 0 Å². The summed E-state index contributed by atoms with van der Waals surface area (Å²) in [4.78, 5) is -0.119. The van der Waals surface area contributed by atoms with E-state index in [0.29, 0.717) is 0 Å². The minimum atomic E-state index is -3.71. The molecule has 1 aromatic carbocycles. The highest BCUT2D eigenvalue weighted by Gasteiger charge is 2.21. The molecule has 0 aliphatic rings. The van der Waals surface area contributed by atoms with E-state index in [4.69, 9.17) is 11.0 Å². The summed E-state index contributed by atoms with van der Waals surface area (Å²) in [5.41, 5.74) is 4.97. The monoisotopic (exact) mass is 257 g/mol. The maximum absolute atomic E-state index is 13.1. The van der Waals surface area contributed by atoms with Crippen LogP contribution in [0.15, 0.2) is 23.1 Å². The number of nitrogens with zero attached hydrogens (tertiary/aromatic N) is 2. The standard InChI is InChI=1S/C10H12FN3O2S/c1-14(5-4-12)17(15,16)9-2-3-10(11)8(6-9)7-13/h2-3,6H,4-5,12H2,1H3. The summed E-state index contributed by atoms with van der Waals surface area (Å²) in [7, 11) is -2.34. The molecule has 92 valence electrons. The van der Waals surface area contributed by atoms with Gasteiger partial charge in [0.1, 0.15) is 11.9 Å². The topological polar surface area (TPSA) is 87.2 Å². The van der Waals surface area contributed by atoms with E-state index in [2.05, 4.69) is 0 Å². The molecular formula is C10H12FN3O2S. The lowest BCUT2D eigenvalue weighted by atomic mass is 10.2. The number of likely N-dealkylation sites (N-methyl/N-ethyl adjacent to an activating group) is 1. The molecule has 17 heavy (non-hydrogen) atoms. The van der Waals surface area contributed by atoms with Crippen molar-refractivity contribution in [1.29, 1.82) is 5.26 Å². The minimum absolute atomic E-state index is 0.119. The van der Waals surface area contributed by atoms with Gasteiger partial charge < -0.3 is 5.73 Å². The maximum atomic E-state index is 13.1. The van der Waals surface area contributed by atoms with Gasteiger partial charge in [0.25, 0.3) is 0 Å². The van der Waals surface area contributed by atoms with Crippen LogP contribution in [0, 0.1) is 17.1 Å². The van der Waals surface area contributed by atoms with E-state index in [1.54, 1.807) is 6.07 Å². The Balaban J connectivity index is 3.21. The lowest BCUT2D eigenvalue weighted by Crippen LogP contribution is -2.31. The third-order valence-electron chi connectivity index (χ3n) is 2.21. The second-order valence-corrected chi connectivity index (χ2v) is 5.41. The first-order valence-corrected chi connectivity index (χ1v) is 6.23. The normalized spacial score (nSPS) is 11.5. The van der Waals surface area contributed by atoms with Crippen molar-refractivity contribution in [3.63, 3.8) is 0 Å². The average molecular weight is 257 g/mol. The quantitative estimate of drug-likeness (QED) is 0.839. The highest BCUT2D eigenvalue weighted by Crippen LogP contribution is 2.17. The minimum Gasteiger partial charge on any atom is -0.329 e. The molecule has 0 spiro atoms. The summed E-state index contributed by atoms with van der Waals surface area (Å²) in [6.45, 7) is 0.337. The summed E-state index contributed by atoms with van der Waals surface area (Å²) >= 11 is 0. The first-order chi connectivity index (χ1) is 7.93. The van der Waals surface area contributed by atoms with E-state index in [1.807, 2.05) is 0 Å². The third-order valence-corrected chi connectivity index (χ3v) is 4.06. The van der Waals surface area contributed by atoms with Crippen molar-refractivity contribution in [2.45, 2.75) is 4.90 Å². The van der Waals surface area contributed by atoms with Crippen molar-refractivity contribution in [2.75, 3.05) is 20.1 Å². The van der Waals surface area contributed by atoms with Crippen molar-refractivity contribution in [1.82, 2.24) is 4.31 Å². The maximum Gasteiger partial charge on any atom is 0.242 e. The van der Waals surface area contributed by atoms with Gasteiger partial charge >= 0.3 is 0 Å². The number of nitrogens with two attached hydrogens (primary N) is 1. The zero-order valence-electron chi connectivity index (χ0n) is 9.22. The summed E-state index contributed by atoms with van der Waals surface area (Å²) in [6.07, 6.45) is 0. The lowest BCUT2D eigenvalue weighted by Gasteiger charge is -2.16. The highest BCUT2D eigenvalue weighted by atomic mass is 32.2. The number of rotatable bonds is 4. The number of nitriles is 1. The molecule has 0 heterocycles. The summed E-state index contributed by atoms with van der Waals surface area (Å²) in [5.74, 6) is -0.743. The van der Waals surface area contributed by atoms with Gasteiger partial charge in [-0.15, -0.1) is 0 Å². The van der Waals surface area contributed by atoms with E-state index in [-0.39, 0.29) is 23.5 Å². The molecule has 0 aliphatic carbocycles. The Morgan fingerprint density at radius 3 is 2.71 bits per heavy atom. The van der Waals surface area contributed by atoms with E-state index >= 15 is 0 Å². The van der Waals surface area contributed by atoms with Crippen molar-refractivity contribution < 1.29 is 12.8 Å². The summed E-state index contributed by atoms with van der Waals surface area (Å²) < 4.78 is 38.0. The molecule has 7 heteroatoms. The van der Waals surface area contributed by atoms with Crippen LogP contribution >= 0.6 is 0 Å². The van der Waals surface area contributed by atoms with Gasteiger partial charge in [0.05, 0.1) is 10.5 Å². The Hall–Kier alpha value is -1.49. The largest absolute Gasteiger partial charge is 0.329 e. The van der Waals surface area contributed by atoms with Gasteiger partial charge in [0.15, 0.2) is 0 Å². The van der Waals surface area contributed by atoms with Crippen molar-refractivity contribution in [2.24, 2.45) is 5.73 Å². The van der Waals surface area contributed by atoms with Crippen LogP contribution in [0.2, 0.25) is 0 Å². The third kappa shape index (κ3) is 2.79. The Labute approximate surface area is 99.3 Å². The number of sulfonamides is 1. The smallest absolute Gasteiger partial charge is 0.242 e. The zero-order valence-corrected chi connectivity index (χ0v) is 10.0. The molecule has 0 aliphatic heterocycles. The van der Waals surface area contributed by atoms with Crippen LogP contribution in [0.5, 0.6) is 0 Å². The Bertz CT molecular complexity index is 551. The fourth-order valence-corrected chi connectivity index (χ4v) is 2.44. The van der Waals surface area contributed by atoms with Crippen LogP contribution in [-0.2, 0) is 10.0 Å². The Morgan fingerprint density at radius 2 is 2.18 bits per heavy atom. The molecule has 0 unspecified atom stereocenters. The van der Waals surface area contributed by atoms with Crippen LogP contribution < -0.4 is 5.73 Å². The molecule has 0 bridgehead atoms. The SMILES string of the molecule is CN(CCN)S(=O)(=O)c1ccc(F)c(C#N)c1. The molecule has 0 saturated heterocycles. The van der Waals surface area contributed by atoms with Crippen LogP contribution in [-0.4, -0.2) is 32.9 Å². The highest BCUT2D eigenvalue weighted by molar-refractivity contribution is 7.89. The van der Waals surface area contributed by atoms with Gasteiger partial charge in [-0.2, -0.15) is 9.57 Å². The fourth-order valence-electron chi connectivity index (χ4n) is 1.23. The van der Waals surface area contributed by atoms with Crippen molar-refractivity contribution in [3.8, 4) is 6.07 Å². The summed E-state index contributed by atoms with van der Waals surface area (Å²) in [5, 5.41) is 8.63. The zero-order chi connectivity index (χ0) is 13.1. The molecule has 0 atom stereocenters. The second-order valence-electron chi connectivity index (χ2n) is 3.37. The summed E-state index contributed by atoms with van der Waals surface area (Å²) in [6, 6.07) is 4.69. The molecule has 1 rings (SSSR count). The van der Waals surface area contributed by atoms with Gasteiger partial charge in [-0.25, -0.2) is 12.8 Å². The van der Waals surface area contributed by atoms with E-state index in [0.717, 1.165) is 22.5 Å². The fraction of sp³-hybridized carbons (Fsp3) is 0.300. The van der Waals surface area contributed by atoms with Crippen molar-refractivity contribution >= 4 is 10.0 Å². The Morgan fingerprint density at radius 1 is 1.53 bits per heavy atom. The van der Waals surface area contributed by atoms with Gasteiger partial charge in [-0.1, -0.05) is 0 Å². The van der Waals surface area contributed by atoms with E-state index in [9.17, 15) is 12.8 Å². The van der Waals surface area contributed by atoms with Crippen LogP contribution in [0.1, 0.15) is 5.56 Å². The van der Waals surface area contributed by atoms with E-state index in [1.165, 1.54) is 7.05 Å². The first kappa shape index (κ1) is 13.6. The van der Waals surface area contributed by atoms with Crippen molar-refractivity contribution in [3.05, 3.63) is 29.6 Å². The van der Waals surface area contributed by atoms with Crippen LogP contribution in [0.4, 0.5) is 4.39 Å². The number of benzene rings is 1. The average Bonchev–Trinajstić information content (AvgIpc) is 2.29. The number of hydrogen-bond donors (Lipinski definition) is 1. The number of hydrogen-bond acceptors (Lipinski definition) is 4. The first-order valence-electron chi connectivity index (χ1n) is 4.79. The van der Waals surface area contributed by atoms with Crippen LogP contribution in [0.25, 0.3) is 0 Å². The molecular weight excluding hydrogens is 245 g/mol. The predicted molar refractivity (Wildman–Crippen MR) is 60.0 cm³/mol. The van der Waals surface area contributed by atoms with Gasteiger partial charge in [-0.05, 0) is 18.2 Å². The Kier molecular flexibility index (Phi) is 4.17. The van der Waals surface area contributed by atoms with Gasteiger partial charge in [0.2, 0.25) is 10.0 Å². The van der Waals surface area contributed by atoms with Gasteiger partial charge in [-0.3, -0.25) is 0 Å². The van der Waals surface area contributed by atoms with E-state index < -0.39 is 15.8 Å². The lowest BCUT2D eigenvalue weighted by molar-refractivity contribution is 0.476. The molecule has 1 aromatic rings. The molecule has 2 N–H and O–H groups in total. The molecule has 0 aromatic heterocycles. The molecule has 0 fully saturated rings. The molecule has 0 amide bonds. The molecule has 0 saturated carbocycles. The second kappa shape index (κ2) is 5.23. The predicted octanol–water partition coefficient (Wildman–Crippen LogP) is 0.277. The van der Waals surface area contributed by atoms with Gasteiger partial charge in [0, 0.05) is 20.1 Å². The molecule has 0 radical (unpaired) electrons. The molecule has 5 nitrogen and oxygen atoms in total. The number of halogens is 1.